The highest BCUT2D eigenvalue weighted by atomic mass is 16.5. The van der Waals surface area contributed by atoms with Crippen LogP contribution in [0.4, 0.5) is 16.2 Å². The third-order valence-corrected chi connectivity index (χ3v) is 3.00. The summed E-state index contributed by atoms with van der Waals surface area (Å²) in [4.78, 5) is 35.1. The summed E-state index contributed by atoms with van der Waals surface area (Å²) in [5.74, 6) is -0.568. The molecular formula is C15H17N3O5. The average Bonchev–Trinajstić information content (AvgIpc) is 2.54. The maximum Gasteiger partial charge on any atom is 0.362 e. The maximum absolute atomic E-state index is 12.0. The number of carbonyl (C=O) groups is 2. The second kappa shape index (κ2) is 7.30. The molecule has 2 aromatic rings. The molecule has 8 nitrogen and oxygen atoms in total. The largest absolute Gasteiger partial charge is 0.465 e. The minimum absolute atomic E-state index is 0.0347. The maximum atomic E-state index is 12.0. The van der Waals surface area contributed by atoms with Crippen LogP contribution in [0.25, 0.3) is 11.0 Å². The molecule has 0 fully saturated rings. The number of nitrogens with one attached hydrogen (secondary N) is 3. The van der Waals surface area contributed by atoms with Crippen LogP contribution in [-0.4, -0.2) is 32.2 Å². The molecular weight excluding hydrogens is 302 g/mol. The lowest BCUT2D eigenvalue weighted by Gasteiger charge is -2.12. The molecule has 0 aliphatic heterocycles. The van der Waals surface area contributed by atoms with Crippen LogP contribution < -0.4 is 21.6 Å². The van der Waals surface area contributed by atoms with E-state index in [1.165, 1.54) is 0 Å². The van der Waals surface area contributed by atoms with Crippen LogP contribution in [0.2, 0.25) is 0 Å². The fourth-order valence-electron chi connectivity index (χ4n) is 2.05. The SMILES string of the molecule is CCOC(=O)CNC(=O)Nc1c(NC)c2ccccc2oc1=O. The van der Waals surface area contributed by atoms with Crippen LogP contribution in [0.1, 0.15) is 6.92 Å². The first kappa shape index (κ1) is 16.3. The van der Waals surface area contributed by atoms with Gasteiger partial charge < -0.3 is 19.8 Å². The first-order chi connectivity index (χ1) is 11.1. The van der Waals surface area contributed by atoms with Crippen molar-refractivity contribution in [2.24, 2.45) is 0 Å². The third kappa shape index (κ3) is 3.79. The molecule has 3 N–H and O–H groups in total. The van der Waals surface area contributed by atoms with Gasteiger partial charge in [-0.3, -0.25) is 10.1 Å². The number of para-hydroxylation sites is 1. The van der Waals surface area contributed by atoms with Gasteiger partial charge in [-0.2, -0.15) is 0 Å². The number of urea groups is 1. The molecule has 0 spiro atoms. The molecule has 2 amide bonds. The van der Waals surface area contributed by atoms with Gasteiger partial charge in [-0.05, 0) is 19.1 Å². The van der Waals surface area contributed by atoms with Gasteiger partial charge >= 0.3 is 17.6 Å². The standard InChI is InChI=1S/C15H17N3O5/c1-3-22-11(19)8-17-15(21)18-13-12(16-2)9-6-4-5-7-10(9)23-14(13)20/h4-7,16H,3,8H2,1-2H3,(H2,17,18,21). The zero-order valence-electron chi connectivity index (χ0n) is 12.8. The van der Waals surface area contributed by atoms with Crippen molar-refractivity contribution in [1.82, 2.24) is 5.32 Å². The molecule has 0 aliphatic carbocycles. The van der Waals surface area contributed by atoms with Crippen molar-refractivity contribution in [3.05, 3.63) is 34.7 Å². The molecule has 0 atom stereocenters. The van der Waals surface area contributed by atoms with Gasteiger partial charge in [0.15, 0.2) is 5.69 Å². The highest BCUT2D eigenvalue weighted by Gasteiger charge is 2.16. The zero-order valence-corrected chi connectivity index (χ0v) is 12.8. The van der Waals surface area contributed by atoms with E-state index in [9.17, 15) is 14.4 Å². The first-order valence-corrected chi connectivity index (χ1v) is 7.00. The Labute approximate surface area is 131 Å². The van der Waals surface area contributed by atoms with Gasteiger partial charge in [0, 0.05) is 12.4 Å². The molecule has 122 valence electrons. The lowest BCUT2D eigenvalue weighted by molar-refractivity contribution is -0.141. The van der Waals surface area contributed by atoms with Gasteiger partial charge in [-0.25, -0.2) is 9.59 Å². The predicted octanol–water partition coefficient (Wildman–Crippen LogP) is 1.52. The van der Waals surface area contributed by atoms with Crippen LogP contribution in [0.5, 0.6) is 0 Å². The van der Waals surface area contributed by atoms with Crippen molar-refractivity contribution in [3.8, 4) is 0 Å². The molecule has 8 heteroatoms. The Bertz CT molecular complexity index is 784. The Morgan fingerprint density at radius 1 is 1.22 bits per heavy atom. The van der Waals surface area contributed by atoms with Crippen LogP contribution in [0.15, 0.2) is 33.5 Å². The Morgan fingerprint density at radius 2 is 1.96 bits per heavy atom. The van der Waals surface area contributed by atoms with Crippen LogP contribution in [-0.2, 0) is 9.53 Å². The molecule has 23 heavy (non-hydrogen) atoms. The van der Waals surface area contributed by atoms with E-state index in [1.54, 1.807) is 38.2 Å². The van der Waals surface area contributed by atoms with E-state index in [4.69, 9.17) is 9.15 Å². The summed E-state index contributed by atoms with van der Waals surface area (Å²) in [6.07, 6.45) is 0. The van der Waals surface area contributed by atoms with E-state index in [0.717, 1.165) is 0 Å². The minimum Gasteiger partial charge on any atom is -0.465 e. The molecule has 0 bridgehead atoms. The normalized spacial score (nSPS) is 10.2. The second-order valence-corrected chi connectivity index (χ2v) is 4.50. The number of fused-ring (bicyclic) bond motifs is 1. The van der Waals surface area contributed by atoms with Crippen LogP contribution in [0, 0.1) is 0 Å². The number of hydrogen-bond acceptors (Lipinski definition) is 6. The molecule has 2 rings (SSSR count). The Balaban J connectivity index is 2.22. The smallest absolute Gasteiger partial charge is 0.362 e. The summed E-state index contributed by atoms with van der Waals surface area (Å²) in [6.45, 7) is 1.59. The fourth-order valence-corrected chi connectivity index (χ4v) is 2.05. The van der Waals surface area contributed by atoms with Gasteiger partial charge in [0.05, 0.1) is 12.3 Å². The third-order valence-electron chi connectivity index (χ3n) is 3.00. The molecule has 1 heterocycles. The number of benzene rings is 1. The van der Waals surface area contributed by atoms with Gasteiger partial charge in [0.2, 0.25) is 0 Å². The summed E-state index contributed by atoms with van der Waals surface area (Å²) >= 11 is 0. The van der Waals surface area contributed by atoms with Gasteiger partial charge in [-0.15, -0.1) is 0 Å². The predicted molar refractivity (Wildman–Crippen MR) is 85.7 cm³/mol. The Morgan fingerprint density at radius 3 is 2.65 bits per heavy atom. The van der Waals surface area contributed by atoms with Gasteiger partial charge in [0.1, 0.15) is 12.1 Å². The molecule has 0 unspecified atom stereocenters. The molecule has 1 aromatic heterocycles. The highest BCUT2D eigenvalue weighted by Crippen LogP contribution is 2.27. The monoisotopic (exact) mass is 319 g/mol. The van der Waals surface area contributed by atoms with E-state index >= 15 is 0 Å². The van der Waals surface area contributed by atoms with Crippen molar-refractivity contribution < 1.29 is 18.7 Å². The number of esters is 1. The van der Waals surface area contributed by atoms with E-state index in [1.807, 2.05) is 0 Å². The molecule has 0 aliphatic rings. The number of hydrogen-bond donors (Lipinski definition) is 3. The summed E-state index contributed by atoms with van der Waals surface area (Å²) in [7, 11) is 1.63. The molecule has 0 saturated heterocycles. The summed E-state index contributed by atoms with van der Waals surface area (Å²) in [5, 5.41) is 8.23. The summed E-state index contributed by atoms with van der Waals surface area (Å²) in [6, 6.07) is 6.23. The van der Waals surface area contributed by atoms with Crippen molar-refractivity contribution in [2.45, 2.75) is 6.92 Å². The highest BCUT2D eigenvalue weighted by molar-refractivity contribution is 6.01. The Hall–Kier alpha value is -3.03. The quantitative estimate of drug-likeness (QED) is 0.569. The van der Waals surface area contributed by atoms with Crippen LogP contribution in [0.3, 0.4) is 0 Å². The van der Waals surface area contributed by atoms with E-state index in [2.05, 4.69) is 16.0 Å². The van der Waals surface area contributed by atoms with Gasteiger partial charge in [0.25, 0.3) is 0 Å². The molecule has 0 radical (unpaired) electrons. The van der Waals surface area contributed by atoms with Crippen LogP contribution >= 0.6 is 0 Å². The lowest BCUT2D eigenvalue weighted by Crippen LogP contribution is -2.35. The number of anilines is 2. The number of amides is 2. The lowest BCUT2D eigenvalue weighted by atomic mass is 10.2. The van der Waals surface area contributed by atoms with Crippen molar-refractivity contribution in [1.29, 1.82) is 0 Å². The van der Waals surface area contributed by atoms with E-state index in [0.29, 0.717) is 16.7 Å². The molecule has 0 saturated carbocycles. The zero-order chi connectivity index (χ0) is 16.8. The average molecular weight is 319 g/mol. The van der Waals surface area contributed by atoms with Crippen molar-refractivity contribution >= 4 is 34.3 Å². The summed E-state index contributed by atoms with van der Waals surface area (Å²) in [5.41, 5.74) is 0.106. The Kier molecular flexibility index (Phi) is 5.19. The van der Waals surface area contributed by atoms with E-state index in [-0.39, 0.29) is 18.8 Å². The molecule has 1 aromatic carbocycles. The van der Waals surface area contributed by atoms with Crippen molar-refractivity contribution in [2.75, 3.05) is 30.8 Å². The number of carbonyl (C=O) groups excluding carboxylic acids is 2. The number of rotatable bonds is 5. The fraction of sp³-hybridized carbons (Fsp3) is 0.267. The topological polar surface area (TPSA) is 110 Å². The number of ether oxygens (including phenoxy) is 1. The van der Waals surface area contributed by atoms with Gasteiger partial charge in [-0.1, -0.05) is 12.1 Å². The van der Waals surface area contributed by atoms with Crippen molar-refractivity contribution in [3.63, 3.8) is 0 Å². The minimum atomic E-state index is -0.711. The second-order valence-electron chi connectivity index (χ2n) is 4.50. The first-order valence-electron chi connectivity index (χ1n) is 7.00. The summed E-state index contributed by atoms with van der Waals surface area (Å²) < 4.78 is 9.87. The van der Waals surface area contributed by atoms with E-state index < -0.39 is 17.6 Å².